The molecular formula is C10H13F3N2O2S. The Morgan fingerprint density at radius 2 is 1.78 bits per heavy atom. The molecule has 102 valence electrons. The Bertz CT molecular complexity index is 533. The van der Waals surface area contributed by atoms with Gasteiger partial charge in [0.1, 0.15) is 0 Å². The predicted molar refractivity (Wildman–Crippen MR) is 61.5 cm³/mol. The third-order valence-electron chi connectivity index (χ3n) is 2.18. The van der Waals surface area contributed by atoms with E-state index in [1.54, 1.807) is 0 Å². The van der Waals surface area contributed by atoms with Crippen LogP contribution < -0.4 is 4.72 Å². The molecule has 8 heteroatoms. The van der Waals surface area contributed by atoms with Crippen LogP contribution in [0.2, 0.25) is 0 Å². The van der Waals surface area contributed by atoms with E-state index >= 15 is 0 Å². The van der Waals surface area contributed by atoms with E-state index < -0.39 is 32.2 Å². The Kier molecular flexibility index (Phi) is 3.62. The summed E-state index contributed by atoms with van der Waals surface area (Å²) in [5.74, 6) is 0. The molecule has 1 heterocycles. The third-order valence-corrected chi connectivity index (χ3v) is 4.28. The summed E-state index contributed by atoms with van der Waals surface area (Å²) in [4.78, 5) is 3.35. The predicted octanol–water partition coefficient (Wildman–Crippen LogP) is 2.64. The number of sulfonamides is 1. The van der Waals surface area contributed by atoms with Crippen LogP contribution in [0.1, 0.15) is 26.3 Å². The fourth-order valence-corrected chi connectivity index (χ4v) is 1.78. The summed E-state index contributed by atoms with van der Waals surface area (Å²) in [7, 11) is -3.91. The van der Waals surface area contributed by atoms with Crippen molar-refractivity contribution in [3.63, 3.8) is 0 Å². The Balaban J connectivity index is 3.22. The zero-order chi connectivity index (χ0) is 14.2. The van der Waals surface area contributed by atoms with Crippen LogP contribution in [0.25, 0.3) is 0 Å². The van der Waals surface area contributed by atoms with Crippen LogP contribution in [0.15, 0.2) is 18.5 Å². The first-order valence-electron chi connectivity index (χ1n) is 4.99. The van der Waals surface area contributed by atoms with Gasteiger partial charge in [0.15, 0.2) is 0 Å². The average molecular weight is 282 g/mol. The van der Waals surface area contributed by atoms with Crippen molar-refractivity contribution in [2.24, 2.45) is 0 Å². The first kappa shape index (κ1) is 14.7. The monoisotopic (exact) mass is 282 g/mol. The molecule has 0 saturated heterocycles. The molecule has 0 aliphatic carbocycles. The second-order valence-corrected chi connectivity index (χ2v) is 7.07. The van der Waals surface area contributed by atoms with Gasteiger partial charge in [0.05, 0.1) is 16.0 Å². The van der Waals surface area contributed by atoms with Gasteiger partial charge in [0, 0.05) is 12.4 Å². The molecule has 0 aliphatic heterocycles. The maximum Gasteiger partial charge on any atom is 0.419 e. The van der Waals surface area contributed by atoms with Crippen molar-refractivity contribution in [1.82, 2.24) is 4.98 Å². The molecule has 1 aromatic heterocycles. The van der Waals surface area contributed by atoms with E-state index in [2.05, 4.69) is 4.98 Å². The van der Waals surface area contributed by atoms with E-state index in [0.717, 1.165) is 12.3 Å². The molecule has 0 amide bonds. The van der Waals surface area contributed by atoms with Crippen molar-refractivity contribution in [3.05, 3.63) is 24.0 Å². The van der Waals surface area contributed by atoms with Crippen molar-refractivity contribution in [3.8, 4) is 0 Å². The maximum absolute atomic E-state index is 12.6. The molecule has 1 rings (SSSR count). The number of halogens is 3. The lowest BCUT2D eigenvalue weighted by atomic mass is 10.2. The Hall–Kier alpha value is -1.31. The van der Waals surface area contributed by atoms with E-state index in [1.807, 2.05) is 4.72 Å². The second kappa shape index (κ2) is 4.42. The summed E-state index contributed by atoms with van der Waals surface area (Å²) in [5, 5.41) is 0. The minimum absolute atomic E-state index is 0.521. The van der Waals surface area contributed by atoms with Crippen molar-refractivity contribution >= 4 is 15.7 Å². The highest BCUT2D eigenvalue weighted by Gasteiger charge is 2.36. The highest BCUT2D eigenvalue weighted by Crippen LogP contribution is 2.35. The van der Waals surface area contributed by atoms with Gasteiger partial charge in [0.25, 0.3) is 0 Å². The van der Waals surface area contributed by atoms with E-state index in [-0.39, 0.29) is 0 Å². The zero-order valence-corrected chi connectivity index (χ0v) is 10.9. The molecule has 0 aromatic carbocycles. The van der Waals surface area contributed by atoms with Crippen molar-refractivity contribution in [2.75, 3.05) is 4.72 Å². The van der Waals surface area contributed by atoms with Gasteiger partial charge in [-0.1, -0.05) is 0 Å². The molecule has 1 N–H and O–H groups in total. The Morgan fingerprint density at radius 1 is 1.22 bits per heavy atom. The molecule has 0 unspecified atom stereocenters. The molecule has 18 heavy (non-hydrogen) atoms. The van der Waals surface area contributed by atoms with Gasteiger partial charge in [-0.2, -0.15) is 13.2 Å². The molecule has 4 nitrogen and oxygen atoms in total. The third kappa shape index (κ3) is 3.12. The molecule has 0 atom stereocenters. The largest absolute Gasteiger partial charge is 0.419 e. The molecular weight excluding hydrogens is 269 g/mol. The SMILES string of the molecule is CC(C)(C)S(=O)(=O)Nc1ccncc1C(F)(F)F. The van der Waals surface area contributed by atoms with Crippen LogP contribution in [0, 0.1) is 0 Å². The average Bonchev–Trinajstić information content (AvgIpc) is 2.14. The molecule has 0 saturated carbocycles. The van der Waals surface area contributed by atoms with Crippen molar-refractivity contribution in [2.45, 2.75) is 31.7 Å². The van der Waals surface area contributed by atoms with E-state index in [0.29, 0.717) is 6.20 Å². The van der Waals surface area contributed by atoms with Crippen LogP contribution in [-0.2, 0) is 16.2 Å². The topological polar surface area (TPSA) is 59.1 Å². The summed E-state index contributed by atoms with van der Waals surface area (Å²) in [6.07, 6.45) is -2.99. The number of nitrogens with zero attached hydrogens (tertiary/aromatic N) is 1. The van der Waals surface area contributed by atoms with E-state index in [9.17, 15) is 21.6 Å². The minimum Gasteiger partial charge on any atom is -0.282 e. The quantitative estimate of drug-likeness (QED) is 0.907. The second-order valence-electron chi connectivity index (χ2n) is 4.64. The summed E-state index contributed by atoms with van der Waals surface area (Å²) < 4.78 is 62.3. The van der Waals surface area contributed by atoms with Gasteiger partial charge < -0.3 is 0 Å². The van der Waals surface area contributed by atoms with Gasteiger partial charge >= 0.3 is 6.18 Å². The van der Waals surface area contributed by atoms with Gasteiger partial charge in [-0.3, -0.25) is 9.71 Å². The highest BCUT2D eigenvalue weighted by atomic mass is 32.2. The van der Waals surface area contributed by atoms with Crippen LogP contribution >= 0.6 is 0 Å². The lowest BCUT2D eigenvalue weighted by Crippen LogP contribution is -2.34. The smallest absolute Gasteiger partial charge is 0.282 e. The fraction of sp³-hybridized carbons (Fsp3) is 0.500. The van der Waals surface area contributed by atoms with Crippen LogP contribution in [0.5, 0.6) is 0 Å². The molecule has 0 aliphatic rings. The number of alkyl halides is 3. The molecule has 0 radical (unpaired) electrons. The normalized spacial score (nSPS) is 13.4. The number of rotatable bonds is 2. The zero-order valence-electron chi connectivity index (χ0n) is 10.0. The standard InChI is InChI=1S/C10H13F3N2O2S/c1-9(2,3)18(16,17)15-8-4-5-14-6-7(8)10(11,12)13/h4-6H,1-3H3,(H,14,15). The minimum atomic E-state index is -4.66. The lowest BCUT2D eigenvalue weighted by Gasteiger charge is -2.22. The van der Waals surface area contributed by atoms with Gasteiger partial charge in [-0.05, 0) is 26.8 Å². The van der Waals surface area contributed by atoms with E-state index in [1.165, 1.54) is 20.8 Å². The Labute approximate surface area is 103 Å². The number of anilines is 1. The summed E-state index contributed by atoms with van der Waals surface area (Å²) >= 11 is 0. The summed E-state index contributed by atoms with van der Waals surface area (Å²) in [6, 6.07) is 0.978. The summed E-state index contributed by atoms with van der Waals surface area (Å²) in [6.45, 7) is 4.18. The fourth-order valence-electron chi connectivity index (χ4n) is 1.01. The molecule has 0 fully saturated rings. The molecule has 0 bridgehead atoms. The first-order valence-corrected chi connectivity index (χ1v) is 6.47. The van der Waals surface area contributed by atoms with Gasteiger partial charge in [-0.15, -0.1) is 0 Å². The lowest BCUT2D eigenvalue weighted by molar-refractivity contribution is -0.137. The van der Waals surface area contributed by atoms with Crippen molar-refractivity contribution in [1.29, 1.82) is 0 Å². The number of pyridine rings is 1. The van der Waals surface area contributed by atoms with Gasteiger partial charge in [-0.25, -0.2) is 8.42 Å². The summed E-state index contributed by atoms with van der Waals surface area (Å²) in [5.41, 5.74) is -1.63. The van der Waals surface area contributed by atoms with Crippen LogP contribution in [0.4, 0.5) is 18.9 Å². The van der Waals surface area contributed by atoms with Gasteiger partial charge in [0.2, 0.25) is 10.0 Å². The van der Waals surface area contributed by atoms with Crippen LogP contribution in [0.3, 0.4) is 0 Å². The Morgan fingerprint density at radius 3 is 2.22 bits per heavy atom. The first-order chi connectivity index (χ1) is 7.95. The van der Waals surface area contributed by atoms with Crippen LogP contribution in [-0.4, -0.2) is 18.1 Å². The number of hydrogen-bond acceptors (Lipinski definition) is 3. The highest BCUT2D eigenvalue weighted by molar-refractivity contribution is 7.94. The van der Waals surface area contributed by atoms with E-state index in [4.69, 9.17) is 0 Å². The number of nitrogens with one attached hydrogen (secondary N) is 1. The number of hydrogen-bond donors (Lipinski definition) is 1. The van der Waals surface area contributed by atoms with Crippen molar-refractivity contribution < 1.29 is 21.6 Å². The molecule has 1 aromatic rings. The molecule has 0 spiro atoms. The maximum atomic E-state index is 12.6. The number of aromatic nitrogens is 1.